The summed E-state index contributed by atoms with van der Waals surface area (Å²) in [6, 6.07) is 8.85. The van der Waals surface area contributed by atoms with E-state index in [2.05, 4.69) is 30.7 Å². The molecule has 0 heterocycles. The Balaban J connectivity index is 0. The first-order valence-electron chi connectivity index (χ1n) is 5.08. The predicted molar refractivity (Wildman–Crippen MR) is 55.2 cm³/mol. The van der Waals surface area contributed by atoms with Crippen molar-refractivity contribution in [3.05, 3.63) is 47.4 Å². The maximum Gasteiger partial charge on any atom is 4.00 e. The zero-order valence-electron chi connectivity index (χ0n) is 9.35. The second-order valence-electron chi connectivity index (χ2n) is 3.93. The van der Waals surface area contributed by atoms with Gasteiger partial charge in [0.1, 0.15) is 0 Å². The van der Waals surface area contributed by atoms with Crippen LogP contribution in [0.2, 0.25) is 0 Å². The number of benzene rings is 1. The van der Waals surface area contributed by atoms with Crippen LogP contribution in [-0.2, 0) is 28.1 Å². The second kappa shape index (κ2) is 8.50. The zero-order valence-corrected chi connectivity index (χ0v) is 13.2. The van der Waals surface area contributed by atoms with Gasteiger partial charge in [0, 0.05) is 0 Å². The molecule has 0 nitrogen and oxygen atoms in total. The van der Waals surface area contributed by atoms with E-state index >= 15 is 0 Å². The van der Waals surface area contributed by atoms with Crippen LogP contribution in [0.15, 0.2) is 29.8 Å². The third kappa shape index (κ3) is 3.69. The van der Waals surface area contributed by atoms with Crippen molar-refractivity contribution >= 4 is 5.57 Å². The van der Waals surface area contributed by atoms with E-state index in [9.17, 15) is 0 Å². The van der Waals surface area contributed by atoms with Crippen molar-refractivity contribution in [2.45, 2.75) is 25.7 Å². The summed E-state index contributed by atoms with van der Waals surface area (Å²) >= 11 is 0. The van der Waals surface area contributed by atoms with E-state index in [0.717, 1.165) is 0 Å². The van der Waals surface area contributed by atoms with Gasteiger partial charge in [0.25, 0.3) is 0 Å². The van der Waals surface area contributed by atoms with E-state index in [1.807, 2.05) is 0 Å². The number of rotatable bonds is 0. The molecule has 0 aromatic heterocycles. The van der Waals surface area contributed by atoms with Gasteiger partial charge >= 0.3 is 21.7 Å². The average Bonchev–Trinajstić information content (AvgIpc) is 2.56. The Hall–Kier alpha value is 0.414. The van der Waals surface area contributed by atoms with Crippen LogP contribution in [0.4, 0.5) is 0 Å². The third-order valence-electron chi connectivity index (χ3n) is 3.13. The van der Waals surface area contributed by atoms with Gasteiger partial charge < -0.3 is 37.2 Å². The molecule has 2 aliphatic rings. The van der Waals surface area contributed by atoms with Crippen molar-refractivity contribution in [1.29, 1.82) is 0 Å². The molecule has 2 aliphatic carbocycles. The van der Waals surface area contributed by atoms with Gasteiger partial charge in [-0.05, 0) is 6.42 Å². The number of hydrogen-bond acceptors (Lipinski definition) is 0. The summed E-state index contributed by atoms with van der Waals surface area (Å²) in [6.45, 7) is 0. The molecule has 0 fully saturated rings. The van der Waals surface area contributed by atoms with Crippen molar-refractivity contribution in [2.75, 3.05) is 0 Å². The first-order valence-corrected chi connectivity index (χ1v) is 5.08. The monoisotopic (exact) mass is 322 g/mol. The van der Waals surface area contributed by atoms with E-state index in [1.54, 1.807) is 11.1 Å². The Morgan fingerprint density at radius 3 is 2.47 bits per heavy atom. The molecule has 0 aliphatic heterocycles. The van der Waals surface area contributed by atoms with E-state index in [-0.39, 0.29) is 58.9 Å². The van der Waals surface area contributed by atoms with Crippen LogP contribution in [0.1, 0.15) is 30.4 Å². The van der Waals surface area contributed by atoms with E-state index < -0.39 is 0 Å². The molecular formula is C13H13Cl3Ti. The number of allylic oxidation sites excluding steroid dienone is 2. The quantitative estimate of drug-likeness (QED) is 0.330. The summed E-state index contributed by atoms with van der Waals surface area (Å²) in [5.41, 5.74) is 6.29. The zero-order chi connectivity index (χ0) is 8.67. The Morgan fingerprint density at radius 2 is 1.71 bits per heavy atom. The van der Waals surface area contributed by atoms with Gasteiger partial charge in [0.05, 0.1) is 0 Å². The largest absolute Gasteiger partial charge is 4.00 e. The molecule has 1 aromatic rings. The number of hydrogen-bond donors (Lipinski definition) is 0. The molecular weight excluding hydrogens is 310 g/mol. The molecule has 0 saturated carbocycles. The van der Waals surface area contributed by atoms with Crippen molar-refractivity contribution < 1.29 is 58.9 Å². The molecule has 0 unspecified atom stereocenters. The molecule has 4 heteroatoms. The van der Waals surface area contributed by atoms with Crippen molar-refractivity contribution in [1.82, 2.24) is 0 Å². The van der Waals surface area contributed by atoms with Gasteiger partial charge in [-0.2, -0.15) is 5.57 Å². The van der Waals surface area contributed by atoms with Gasteiger partial charge in [-0.15, -0.1) is 12.0 Å². The summed E-state index contributed by atoms with van der Waals surface area (Å²) in [5, 5.41) is 0. The summed E-state index contributed by atoms with van der Waals surface area (Å²) in [6.07, 6.45) is 7.53. The molecule has 0 spiro atoms. The van der Waals surface area contributed by atoms with Crippen molar-refractivity contribution in [2.24, 2.45) is 0 Å². The third-order valence-corrected chi connectivity index (χ3v) is 3.13. The first-order chi connectivity index (χ1) is 6.45. The minimum Gasteiger partial charge on any atom is -1.00 e. The van der Waals surface area contributed by atoms with Crippen LogP contribution in [0.3, 0.4) is 0 Å². The molecule has 1 aromatic carbocycles. The minimum atomic E-state index is 0. The number of fused-ring (bicyclic) bond motifs is 2. The molecule has 3 rings (SSSR count). The van der Waals surface area contributed by atoms with Gasteiger partial charge in [0.2, 0.25) is 0 Å². The van der Waals surface area contributed by atoms with Gasteiger partial charge in [0.15, 0.2) is 0 Å². The fourth-order valence-corrected chi connectivity index (χ4v) is 2.50. The fourth-order valence-electron chi connectivity index (χ4n) is 2.50. The molecule has 0 saturated heterocycles. The average molecular weight is 323 g/mol. The minimum absolute atomic E-state index is 0. The standard InChI is InChI=1S/C13H13.3ClH.Ti/c1-3-7-12-10(5-1)9-11-6-2-4-8-13(11)12;;;;/h1,3,5-7H,2,4,8-9H2;3*1H;/q-1;;;;+4/p-3. The molecule has 90 valence electrons. The molecule has 0 amide bonds. The molecule has 0 atom stereocenters. The van der Waals surface area contributed by atoms with Crippen LogP contribution < -0.4 is 37.2 Å². The maximum absolute atomic E-state index is 2.43. The SMILES string of the molecule is [Cl-].[Cl-].[Cl-].[Ti+4].c1ccc2c(c1)CC1=C2CCC[CH-]1. The predicted octanol–water partition coefficient (Wildman–Crippen LogP) is -5.61. The molecule has 0 radical (unpaired) electrons. The molecule has 0 N–H and O–H groups in total. The van der Waals surface area contributed by atoms with E-state index in [1.165, 1.54) is 36.8 Å². The first kappa shape index (κ1) is 19.7. The normalized spacial score (nSPS) is 14.8. The van der Waals surface area contributed by atoms with Crippen molar-refractivity contribution in [3.63, 3.8) is 0 Å². The van der Waals surface area contributed by atoms with Gasteiger partial charge in [-0.3, -0.25) is 0 Å². The second-order valence-corrected chi connectivity index (χ2v) is 3.93. The van der Waals surface area contributed by atoms with E-state index in [4.69, 9.17) is 0 Å². The van der Waals surface area contributed by atoms with Gasteiger partial charge in [-0.1, -0.05) is 42.7 Å². The number of halogens is 3. The summed E-state index contributed by atoms with van der Waals surface area (Å²) in [7, 11) is 0. The smallest absolute Gasteiger partial charge is 1.00 e. The van der Waals surface area contributed by atoms with Crippen LogP contribution in [-0.4, -0.2) is 0 Å². The summed E-state index contributed by atoms with van der Waals surface area (Å²) in [4.78, 5) is 0. The van der Waals surface area contributed by atoms with Gasteiger partial charge in [-0.25, -0.2) is 12.0 Å². The Labute approximate surface area is 137 Å². The molecule has 0 bridgehead atoms. The van der Waals surface area contributed by atoms with Crippen LogP contribution >= 0.6 is 0 Å². The van der Waals surface area contributed by atoms with Crippen LogP contribution in [0.5, 0.6) is 0 Å². The Morgan fingerprint density at radius 1 is 1.00 bits per heavy atom. The van der Waals surface area contributed by atoms with Crippen LogP contribution in [0, 0.1) is 6.42 Å². The summed E-state index contributed by atoms with van der Waals surface area (Å²) < 4.78 is 0. The van der Waals surface area contributed by atoms with Crippen LogP contribution in [0.25, 0.3) is 5.57 Å². The Bertz CT molecular complexity index is 388. The molecule has 17 heavy (non-hydrogen) atoms. The van der Waals surface area contributed by atoms with E-state index in [0.29, 0.717) is 0 Å². The maximum atomic E-state index is 2.43. The topological polar surface area (TPSA) is 0 Å². The van der Waals surface area contributed by atoms with Crippen molar-refractivity contribution in [3.8, 4) is 0 Å². The summed E-state index contributed by atoms with van der Waals surface area (Å²) in [5.74, 6) is 0. The fraction of sp³-hybridized carbons (Fsp3) is 0.308. The Kier molecular flexibility index (Phi) is 9.88.